The molecule has 3 aromatic heterocycles. The van der Waals surface area contributed by atoms with Gasteiger partial charge < -0.3 is 14.3 Å². The summed E-state index contributed by atoms with van der Waals surface area (Å²) in [6.45, 7) is 10.2. The Morgan fingerprint density at radius 3 is 2.75 bits per heavy atom. The van der Waals surface area contributed by atoms with Crippen LogP contribution in [0.15, 0.2) is 27.6 Å². The molecular weight excluding hydrogens is 424 g/mol. The summed E-state index contributed by atoms with van der Waals surface area (Å²) in [5.41, 5.74) is 1.48. The van der Waals surface area contributed by atoms with Gasteiger partial charge in [-0.2, -0.15) is 0 Å². The minimum Gasteiger partial charge on any atom is -0.459 e. The highest BCUT2D eigenvalue weighted by Gasteiger charge is 2.32. The second-order valence-corrected chi connectivity index (χ2v) is 11.1. The first-order valence-corrected chi connectivity index (χ1v) is 12.2. The largest absolute Gasteiger partial charge is 0.459 e. The van der Waals surface area contributed by atoms with Crippen molar-refractivity contribution in [3.63, 3.8) is 0 Å². The third-order valence-electron chi connectivity index (χ3n) is 6.96. The van der Waals surface area contributed by atoms with E-state index in [9.17, 15) is 9.59 Å². The van der Waals surface area contributed by atoms with Crippen molar-refractivity contribution in [1.29, 1.82) is 0 Å². The number of thiophene rings is 1. The number of carbonyl (C=O) groups excluding carboxylic acids is 1. The number of piperazine rings is 1. The van der Waals surface area contributed by atoms with Gasteiger partial charge in [-0.05, 0) is 48.3 Å². The Labute approximate surface area is 191 Å². The van der Waals surface area contributed by atoms with E-state index in [4.69, 9.17) is 9.40 Å². The third kappa shape index (κ3) is 4.01. The van der Waals surface area contributed by atoms with Gasteiger partial charge in [0.05, 0.1) is 18.2 Å². The van der Waals surface area contributed by atoms with Crippen molar-refractivity contribution in [2.75, 3.05) is 26.2 Å². The number of aryl methyl sites for hydroxylation is 1. The van der Waals surface area contributed by atoms with E-state index in [0.29, 0.717) is 37.1 Å². The minimum absolute atomic E-state index is 0.0108. The van der Waals surface area contributed by atoms with Gasteiger partial charge in [0.1, 0.15) is 10.7 Å². The van der Waals surface area contributed by atoms with Gasteiger partial charge in [-0.3, -0.25) is 14.5 Å². The lowest BCUT2D eigenvalue weighted by atomic mass is 9.72. The van der Waals surface area contributed by atoms with E-state index in [-0.39, 0.29) is 16.9 Å². The maximum Gasteiger partial charge on any atom is 0.289 e. The molecule has 0 saturated carbocycles. The second-order valence-electron chi connectivity index (χ2n) is 10.0. The fourth-order valence-electron chi connectivity index (χ4n) is 4.92. The maximum absolute atomic E-state index is 13.0. The van der Waals surface area contributed by atoms with Crippen molar-refractivity contribution in [3.8, 4) is 0 Å². The molecule has 1 atom stereocenters. The van der Waals surface area contributed by atoms with Gasteiger partial charge in [-0.15, -0.1) is 11.3 Å². The number of rotatable bonds is 3. The molecule has 1 aliphatic heterocycles. The molecular formula is C24H30N4O3S. The lowest BCUT2D eigenvalue weighted by Crippen LogP contribution is -2.48. The number of nitrogens with one attached hydrogen (secondary N) is 1. The van der Waals surface area contributed by atoms with Crippen LogP contribution in [0.2, 0.25) is 0 Å². The van der Waals surface area contributed by atoms with Gasteiger partial charge in [0.2, 0.25) is 0 Å². The third-order valence-corrected chi connectivity index (χ3v) is 8.11. The Kier molecular flexibility index (Phi) is 5.45. The van der Waals surface area contributed by atoms with Crippen LogP contribution >= 0.6 is 11.3 Å². The number of fused-ring (bicyclic) bond motifs is 3. The zero-order chi connectivity index (χ0) is 22.5. The Bertz CT molecular complexity index is 1180. The maximum atomic E-state index is 13.0. The summed E-state index contributed by atoms with van der Waals surface area (Å²) in [6, 6.07) is 3.43. The van der Waals surface area contributed by atoms with E-state index < -0.39 is 0 Å². The Hall–Kier alpha value is -2.45. The monoisotopic (exact) mass is 454 g/mol. The van der Waals surface area contributed by atoms with Crippen LogP contribution in [0.4, 0.5) is 0 Å². The normalized spacial score (nSPS) is 20.0. The van der Waals surface area contributed by atoms with Crippen molar-refractivity contribution in [2.24, 2.45) is 11.3 Å². The van der Waals surface area contributed by atoms with Crippen LogP contribution in [0.1, 0.15) is 54.0 Å². The van der Waals surface area contributed by atoms with Gasteiger partial charge in [-0.1, -0.05) is 20.8 Å². The first-order chi connectivity index (χ1) is 15.3. The van der Waals surface area contributed by atoms with E-state index >= 15 is 0 Å². The topological polar surface area (TPSA) is 82.4 Å². The summed E-state index contributed by atoms with van der Waals surface area (Å²) in [4.78, 5) is 39.5. The smallest absolute Gasteiger partial charge is 0.289 e. The Balaban J connectivity index is 1.29. The molecule has 0 radical (unpaired) electrons. The summed E-state index contributed by atoms with van der Waals surface area (Å²) in [7, 11) is 0. The fourth-order valence-corrected chi connectivity index (χ4v) is 6.24. The summed E-state index contributed by atoms with van der Waals surface area (Å²) in [5, 5.41) is 0.801. The zero-order valence-electron chi connectivity index (χ0n) is 18.9. The molecule has 4 heterocycles. The standard InChI is InChI=1S/C24H30N4O3S/c1-24(2,3)15-6-7-16-18(13-15)32-22-20(16)21(29)25-19(26-22)14-27-8-10-28(11-9-27)23(30)17-5-4-12-31-17/h4-5,12,15H,6-11,13-14H2,1-3H3,(H,25,26,29). The highest BCUT2D eigenvalue weighted by Crippen LogP contribution is 2.42. The molecule has 8 heteroatoms. The van der Waals surface area contributed by atoms with Gasteiger partial charge >= 0.3 is 0 Å². The quantitative estimate of drug-likeness (QED) is 0.653. The van der Waals surface area contributed by atoms with Gasteiger partial charge in [0.25, 0.3) is 11.5 Å². The van der Waals surface area contributed by atoms with Crippen LogP contribution < -0.4 is 5.56 Å². The summed E-state index contributed by atoms with van der Waals surface area (Å²) in [6.07, 6.45) is 4.66. The number of H-pyrrole nitrogens is 1. The summed E-state index contributed by atoms with van der Waals surface area (Å²) in [5.74, 6) is 1.66. The molecule has 3 aromatic rings. The number of hydrogen-bond acceptors (Lipinski definition) is 6. The van der Waals surface area contributed by atoms with Gasteiger partial charge in [0, 0.05) is 31.1 Å². The molecule has 1 amide bonds. The Morgan fingerprint density at radius 1 is 1.28 bits per heavy atom. The van der Waals surface area contributed by atoms with Gasteiger partial charge in [0.15, 0.2) is 5.76 Å². The summed E-state index contributed by atoms with van der Waals surface area (Å²) >= 11 is 1.70. The lowest BCUT2D eigenvalue weighted by Gasteiger charge is -2.34. The van der Waals surface area contributed by atoms with Crippen LogP contribution in [0, 0.1) is 11.3 Å². The van der Waals surface area contributed by atoms with Crippen LogP contribution in [0.25, 0.3) is 10.2 Å². The molecule has 1 aliphatic carbocycles. The van der Waals surface area contributed by atoms with Crippen molar-refractivity contribution >= 4 is 27.5 Å². The summed E-state index contributed by atoms with van der Waals surface area (Å²) < 4.78 is 5.23. The molecule has 5 rings (SSSR count). The SMILES string of the molecule is CC(C)(C)C1CCc2c(sc3nc(CN4CCN(C(=O)c5ccco5)CC4)[nH]c(=O)c23)C1. The highest BCUT2D eigenvalue weighted by molar-refractivity contribution is 7.18. The number of furan rings is 1. The second kappa shape index (κ2) is 8.15. The molecule has 2 aliphatic rings. The van der Waals surface area contributed by atoms with Gasteiger partial charge in [-0.25, -0.2) is 4.98 Å². The molecule has 1 N–H and O–H groups in total. The average Bonchev–Trinajstić information content (AvgIpc) is 3.40. The van der Waals surface area contributed by atoms with E-state index in [1.54, 1.807) is 23.5 Å². The number of aromatic nitrogens is 2. The van der Waals surface area contributed by atoms with Crippen LogP contribution in [-0.4, -0.2) is 51.9 Å². The first kappa shape index (κ1) is 21.4. The number of carbonyl (C=O) groups is 1. The van der Waals surface area contributed by atoms with E-state index in [2.05, 4.69) is 30.7 Å². The van der Waals surface area contributed by atoms with E-state index in [1.807, 2.05) is 4.90 Å². The molecule has 1 saturated heterocycles. The molecule has 170 valence electrons. The molecule has 1 fully saturated rings. The number of aromatic amines is 1. The van der Waals surface area contributed by atoms with Crippen molar-refractivity contribution in [1.82, 2.24) is 19.8 Å². The van der Waals surface area contributed by atoms with Crippen LogP contribution in [0.5, 0.6) is 0 Å². The molecule has 32 heavy (non-hydrogen) atoms. The lowest BCUT2D eigenvalue weighted by molar-refractivity contribution is 0.0595. The van der Waals surface area contributed by atoms with Crippen LogP contribution in [-0.2, 0) is 19.4 Å². The average molecular weight is 455 g/mol. The predicted molar refractivity (Wildman–Crippen MR) is 125 cm³/mol. The number of amides is 1. The number of hydrogen-bond donors (Lipinski definition) is 1. The highest BCUT2D eigenvalue weighted by atomic mass is 32.1. The van der Waals surface area contributed by atoms with Crippen molar-refractivity contribution < 1.29 is 9.21 Å². The van der Waals surface area contributed by atoms with Crippen molar-refractivity contribution in [3.05, 3.63) is 50.8 Å². The molecule has 1 unspecified atom stereocenters. The van der Waals surface area contributed by atoms with E-state index in [0.717, 1.165) is 42.6 Å². The zero-order valence-corrected chi connectivity index (χ0v) is 19.8. The fraction of sp³-hybridized carbons (Fsp3) is 0.542. The van der Waals surface area contributed by atoms with Crippen LogP contribution in [0.3, 0.4) is 0 Å². The predicted octanol–water partition coefficient (Wildman–Crippen LogP) is 3.69. The molecule has 7 nitrogen and oxygen atoms in total. The first-order valence-electron chi connectivity index (χ1n) is 11.4. The number of nitrogens with zero attached hydrogens (tertiary/aromatic N) is 3. The Morgan fingerprint density at radius 2 is 2.06 bits per heavy atom. The molecule has 0 spiro atoms. The van der Waals surface area contributed by atoms with Crippen molar-refractivity contribution in [2.45, 2.75) is 46.6 Å². The van der Waals surface area contributed by atoms with E-state index in [1.165, 1.54) is 16.7 Å². The molecule has 0 aromatic carbocycles. The minimum atomic E-state index is -0.0691. The molecule has 0 bridgehead atoms.